The van der Waals surface area contributed by atoms with Gasteiger partial charge in [-0.15, -0.1) is 0 Å². The van der Waals surface area contributed by atoms with Gasteiger partial charge in [0.05, 0.1) is 12.3 Å². The van der Waals surface area contributed by atoms with Crippen molar-refractivity contribution >= 4 is 23.0 Å². The maximum atomic E-state index is 5.60. The first-order valence-electron chi connectivity index (χ1n) is 8.53. The molecular weight excluding hydrogens is 344 g/mol. The van der Waals surface area contributed by atoms with Crippen LogP contribution in [0.3, 0.4) is 0 Å². The second kappa shape index (κ2) is 8.49. The quantitative estimate of drug-likeness (QED) is 0.644. The summed E-state index contributed by atoms with van der Waals surface area (Å²) in [4.78, 5) is 4.25. The molecule has 134 valence electrons. The summed E-state index contributed by atoms with van der Waals surface area (Å²) < 4.78 is 7.65. The first-order chi connectivity index (χ1) is 12.7. The first-order valence-corrected chi connectivity index (χ1v) is 8.94. The molecule has 0 spiro atoms. The van der Waals surface area contributed by atoms with Crippen LogP contribution in [-0.4, -0.2) is 21.3 Å². The number of thiocarbonyl (C=S) groups is 1. The summed E-state index contributed by atoms with van der Waals surface area (Å²) >= 11 is 5.40. The minimum atomic E-state index is 0.562. The van der Waals surface area contributed by atoms with Crippen LogP contribution in [0.25, 0.3) is 5.69 Å². The van der Waals surface area contributed by atoms with E-state index in [0.29, 0.717) is 18.3 Å². The van der Waals surface area contributed by atoms with Crippen molar-refractivity contribution in [2.45, 2.75) is 20.4 Å². The Balaban J connectivity index is 1.57. The van der Waals surface area contributed by atoms with E-state index >= 15 is 0 Å². The summed E-state index contributed by atoms with van der Waals surface area (Å²) in [5.41, 5.74) is 3.10. The number of imidazole rings is 1. The van der Waals surface area contributed by atoms with Crippen LogP contribution in [0.15, 0.2) is 60.9 Å². The molecule has 6 heteroatoms. The predicted molar refractivity (Wildman–Crippen MR) is 109 cm³/mol. The van der Waals surface area contributed by atoms with E-state index in [-0.39, 0.29) is 0 Å². The highest BCUT2D eigenvalue weighted by atomic mass is 32.1. The van der Waals surface area contributed by atoms with Crippen LogP contribution in [0.4, 0.5) is 5.69 Å². The molecule has 0 saturated heterocycles. The van der Waals surface area contributed by atoms with Gasteiger partial charge in [-0.2, -0.15) is 0 Å². The molecule has 0 unspecified atom stereocenters. The molecule has 1 heterocycles. The van der Waals surface area contributed by atoms with Gasteiger partial charge >= 0.3 is 0 Å². The Labute approximate surface area is 159 Å². The molecule has 2 N–H and O–H groups in total. The Kier molecular flexibility index (Phi) is 5.86. The first kappa shape index (κ1) is 17.9. The fraction of sp³-hybridized carbons (Fsp3) is 0.200. The van der Waals surface area contributed by atoms with Crippen LogP contribution in [0, 0.1) is 6.92 Å². The van der Waals surface area contributed by atoms with Crippen molar-refractivity contribution in [1.82, 2.24) is 14.9 Å². The molecule has 0 atom stereocenters. The second-order valence-electron chi connectivity index (χ2n) is 5.75. The number of hydrogen-bond donors (Lipinski definition) is 2. The molecule has 0 bridgehead atoms. The molecule has 0 aliphatic heterocycles. The maximum Gasteiger partial charge on any atom is 0.171 e. The van der Waals surface area contributed by atoms with E-state index < -0.39 is 0 Å². The topological polar surface area (TPSA) is 51.1 Å². The Morgan fingerprint density at radius 2 is 1.92 bits per heavy atom. The molecule has 0 saturated carbocycles. The number of aromatic nitrogens is 2. The van der Waals surface area contributed by atoms with Crippen LogP contribution >= 0.6 is 12.2 Å². The van der Waals surface area contributed by atoms with Crippen molar-refractivity contribution in [2.75, 3.05) is 11.9 Å². The average molecular weight is 366 g/mol. The molecule has 0 radical (unpaired) electrons. The Morgan fingerprint density at radius 1 is 1.15 bits per heavy atom. The zero-order chi connectivity index (χ0) is 18.4. The molecule has 0 aliphatic carbocycles. The van der Waals surface area contributed by atoms with Crippen molar-refractivity contribution in [1.29, 1.82) is 0 Å². The van der Waals surface area contributed by atoms with E-state index in [4.69, 9.17) is 17.0 Å². The standard InChI is InChI=1S/C20H22N4OS/c1-3-25-19-7-5-4-6-18(19)23-20(26)22-14-16-8-10-17(11-9-16)24-13-12-21-15(24)2/h4-13H,3,14H2,1-2H3,(H2,22,23,26). The van der Waals surface area contributed by atoms with Gasteiger partial charge in [-0.1, -0.05) is 24.3 Å². The van der Waals surface area contributed by atoms with Crippen molar-refractivity contribution in [3.05, 3.63) is 72.3 Å². The fourth-order valence-corrected chi connectivity index (χ4v) is 2.81. The number of nitrogens with zero attached hydrogens (tertiary/aromatic N) is 2. The predicted octanol–water partition coefficient (Wildman–Crippen LogP) is 4.07. The molecule has 3 aromatic rings. The summed E-state index contributed by atoms with van der Waals surface area (Å²) in [7, 11) is 0. The van der Waals surface area contributed by atoms with Crippen LogP contribution in [0.2, 0.25) is 0 Å². The third-order valence-corrected chi connectivity index (χ3v) is 4.17. The number of benzene rings is 2. The Hall–Kier alpha value is -2.86. The molecule has 0 amide bonds. The lowest BCUT2D eigenvalue weighted by Crippen LogP contribution is -2.28. The third kappa shape index (κ3) is 4.40. The van der Waals surface area contributed by atoms with Gasteiger partial charge in [0.15, 0.2) is 5.11 Å². The molecule has 3 rings (SSSR count). The number of hydrogen-bond acceptors (Lipinski definition) is 3. The van der Waals surface area contributed by atoms with Gasteiger partial charge in [0, 0.05) is 24.6 Å². The SMILES string of the molecule is CCOc1ccccc1NC(=S)NCc1ccc(-n2ccnc2C)cc1. The zero-order valence-electron chi connectivity index (χ0n) is 14.9. The van der Waals surface area contributed by atoms with E-state index in [0.717, 1.165) is 28.5 Å². The lowest BCUT2D eigenvalue weighted by molar-refractivity contribution is 0.342. The highest BCUT2D eigenvalue weighted by Gasteiger charge is 2.05. The summed E-state index contributed by atoms with van der Waals surface area (Å²) in [5.74, 6) is 1.76. The van der Waals surface area contributed by atoms with E-state index in [2.05, 4.69) is 39.9 Å². The molecule has 2 aromatic carbocycles. The van der Waals surface area contributed by atoms with Gasteiger partial charge in [0.1, 0.15) is 11.6 Å². The fourth-order valence-electron chi connectivity index (χ4n) is 2.63. The van der Waals surface area contributed by atoms with Gasteiger partial charge < -0.3 is 19.9 Å². The Morgan fingerprint density at radius 3 is 2.62 bits per heavy atom. The van der Waals surface area contributed by atoms with Crippen molar-refractivity contribution in [3.8, 4) is 11.4 Å². The van der Waals surface area contributed by atoms with Crippen LogP contribution in [0.1, 0.15) is 18.3 Å². The van der Waals surface area contributed by atoms with Gasteiger partial charge in [-0.3, -0.25) is 0 Å². The molecule has 26 heavy (non-hydrogen) atoms. The van der Waals surface area contributed by atoms with E-state index in [9.17, 15) is 0 Å². The molecule has 5 nitrogen and oxygen atoms in total. The van der Waals surface area contributed by atoms with E-state index in [1.807, 2.05) is 48.9 Å². The smallest absolute Gasteiger partial charge is 0.171 e. The third-order valence-electron chi connectivity index (χ3n) is 3.93. The van der Waals surface area contributed by atoms with Crippen molar-refractivity contribution in [2.24, 2.45) is 0 Å². The number of nitrogens with one attached hydrogen (secondary N) is 2. The van der Waals surface area contributed by atoms with Gasteiger partial charge in [-0.05, 0) is 55.9 Å². The molecule has 1 aromatic heterocycles. The number of ether oxygens (including phenoxy) is 1. The molecule has 0 fully saturated rings. The number of aryl methyl sites for hydroxylation is 1. The molecular formula is C20H22N4OS. The van der Waals surface area contributed by atoms with Crippen molar-refractivity contribution < 1.29 is 4.74 Å². The van der Waals surface area contributed by atoms with Gasteiger partial charge in [-0.25, -0.2) is 4.98 Å². The summed E-state index contributed by atoms with van der Waals surface area (Å²) in [6.45, 7) is 5.20. The lowest BCUT2D eigenvalue weighted by Gasteiger charge is -2.14. The Bertz CT molecular complexity index is 874. The number of anilines is 1. The normalized spacial score (nSPS) is 10.4. The minimum Gasteiger partial charge on any atom is -0.492 e. The zero-order valence-corrected chi connectivity index (χ0v) is 15.7. The van der Waals surface area contributed by atoms with Crippen LogP contribution in [0.5, 0.6) is 5.75 Å². The number of para-hydroxylation sites is 2. The van der Waals surface area contributed by atoms with Gasteiger partial charge in [0.2, 0.25) is 0 Å². The summed E-state index contributed by atoms with van der Waals surface area (Å²) in [5, 5.41) is 6.98. The largest absolute Gasteiger partial charge is 0.492 e. The summed E-state index contributed by atoms with van der Waals surface area (Å²) in [6, 6.07) is 16.1. The monoisotopic (exact) mass is 366 g/mol. The highest BCUT2D eigenvalue weighted by molar-refractivity contribution is 7.80. The second-order valence-corrected chi connectivity index (χ2v) is 6.16. The summed E-state index contributed by atoms with van der Waals surface area (Å²) in [6.07, 6.45) is 3.76. The van der Waals surface area contributed by atoms with Crippen LogP contribution in [-0.2, 0) is 6.54 Å². The van der Waals surface area contributed by atoms with E-state index in [1.54, 1.807) is 6.20 Å². The van der Waals surface area contributed by atoms with Crippen LogP contribution < -0.4 is 15.4 Å². The van der Waals surface area contributed by atoms with E-state index in [1.165, 1.54) is 0 Å². The minimum absolute atomic E-state index is 0.562. The van der Waals surface area contributed by atoms with Gasteiger partial charge in [0.25, 0.3) is 0 Å². The number of rotatable bonds is 6. The van der Waals surface area contributed by atoms with Crippen molar-refractivity contribution in [3.63, 3.8) is 0 Å². The maximum absolute atomic E-state index is 5.60. The average Bonchev–Trinajstić information content (AvgIpc) is 3.08. The lowest BCUT2D eigenvalue weighted by atomic mass is 10.2. The highest BCUT2D eigenvalue weighted by Crippen LogP contribution is 2.23. The molecule has 0 aliphatic rings.